The van der Waals surface area contributed by atoms with Crippen molar-refractivity contribution in [2.24, 2.45) is 0 Å². The van der Waals surface area contributed by atoms with E-state index in [0.717, 1.165) is 0 Å². The molecular weight excluding hydrogens is 477 g/mol. The van der Waals surface area contributed by atoms with Crippen LogP contribution in [0.3, 0.4) is 0 Å². The van der Waals surface area contributed by atoms with E-state index in [0.29, 0.717) is 27.3 Å². The fraction of sp³-hybridized carbons (Fsp3) is 0.208. The first-order valence-corrected chi connectivity index (χ1v) is 13.1. The predicted molar refractivity (Wildman–Crippen MR) is 128 cm³/mol. The molecule has 4 aromatic rings. The first-order chi connectivity index (χ1) is 16.3. The summed E-state index contributed by atoms with van der Waals surface area (Å²) in [5, 5.41) is -0.463. The lowest BCUT2D eigenvalue weighted by Crippen LogP contribution is -2.19. The second kappa shape index (κ2) is 9.55. The minimum absolute atomic E-state index is 0.106. The van der Waals surface area contributed by atoms with E-state index in [4.69, 9.17) is 4.74 Å². The lowest BCUT2D eigenvalue weighted by atomic mass is 10.0. The predicted octanol–water partition coefficient (Wildman–Crippen LogP) is 4.34. The van der Waals surface area contributed by atoms with E-state index in [-0.39, 0.29) is 17.1 Å². The van der Waals surface area contributed by atoms with E-state index >= 15 is 0 Å². The zero-order valence-corrected chi connectivity index (χ0v) is 20.4. The van der Waals surface area contributed by atoms with E-state index in [2.05, 4.69) is 9.97 Å². The molecule has 2 aromatic carbocycles. The van der Waals surface area contributed by atoms with Crippen molar-refractivity contribution in [1.82, 2.24) is 14.5 Å². The van der Waals surface area contributed by atoms with Gasteiger partial charge in [-0.15, -0.1) is 0 Å². The van der Waals surface area contributed by atoms with E-state index in [1.807, 2.05) is 0 Å². The smallest absolute Gasteiger partial charge is 0.325 e. The fourth-order valence-electron chi connectivity index (χ4n) is 4.02. The highest BCUT2D eigenvalue weighted by Gasteiger charge is 2.36. The van der Waals surface area contributed by atoms with Gasteiger partial charge >= 0.3 is 5.97 Å². The van der Waals surface area contributed by atoms with E-state index in [9.17, 15) is 17.6 Å². The number of halogens is 1. The highest BCUT2D eigenvalue weighted by molar-refractivity contribution is 7.98. The van der Waals surface area contributed by atoms with Crippen LogP contribution in [0, 0.1) is 12.7 Å². The van der Waals surface area contributed by atoms with Gasteiger partial charge in [0.1, 0.15) is 17.6 Å². The van der Waals surface area contributed by atoms with Gasteiger partial charge < -0.3 is 9.30 Å². The topological polar surface area (TPSA) is 91.2 Å². The van der Waals surface area contributed by atoms with Crippen molar-refractivity contribution in [3.05, 3.63) is 83.6 Å². The van der Waals surface area contributed by atoms with Crippen LogP contribution < -0.4 is 0 Å². The Labute approximate surface area is 200 Å². The average molecular weight is 500 g/mol. The largest absolute Gasteiger partial charge is 0.468 e. The van der Waals surface area contributed by atoms with Gasteiger partial charge in [-0.05, 0) is 49.6 Å². The maximum absolute atomic E-state index is 14.4. The number of rotatable bonds is 7. The van der Waals surface area contributed by atoms with Gasteiger partial charge in [-0.25, -0.2) is 22.8 Å². The zero-order valence-electron chi connectivity index (χ0n) is 18.7. The summed E-state index contributed by atoms with van der Waals surface area (Å²) in [5.74, 6) is -1.03. The Morgan fingerprint density at radius 1 is 1.18 bits per heavy atom. The molecule has 0 aliphatic heterocycles. The highest BCUT2D eigenvalue weighted by atomic mass is 32.2. The van der Waals surface area contributed by atoms with Crippen LogP contribution in [0.5, 0.6) is 0 Å². The number of fused-ring (bicyclic) bond motifs is 1. The third kappa shape index (κ3) is 4.30. The molecule has 34 heavy (non-hydrogen) atoms. The van der Waals surface area contributed by atoms with Gasteiger partial charge in [-0.1, -0.05) is 30.0 Å². The molecule has 10 heteroatoms. The number of sulfone groups is 1. The van der Waals surface area contributed by atoms with Gasteiger partial charge in [0, 0.05) is 28.4 Å². The van der Waals surface area contributed by atoms with Gasteiger partial charge in [0.2, 0.25) is 0 Å². The van der Waals surface area contributed by atoms with E-state index < -0.39 is 26.9 Å². The van der Waals surface area contributed by atoms with Gasteiger partial charge in [0.15, 0.2) is 15.0 Å². The number of carbonyl (C=O) groups excluding carboxylic acids is 1. The average Bonchev–Trinajstić information content (AvgIpc) is 3.10. The highest BCUT2D eigenvalue weighted by Crippen LogP contribution is 2.41. The molecule has 0 aliphatic rings. The number of ether oxygens (including phenoxy) is 1. The minimum Gasteiger partial charge on any atom is -0.468 e. The first kappa shape index (κ1) is 23.9. The molecule has 0 amide bonds. The summed E-state index contributed by atoms with van der Waals surface area (Å²) in [7, 11) is -2.76. The normalized spacial score (nSPS) is 12.6. The molecule has 2 aromatic heterocycles. The first-order valence-electron chi connectivity index (χ1n) is 10.3. The Balaban J connectivity index is 2.08. The van der Waals surface area contributed by atoms with Crippen LogP contribution in [0.2, 0.25) is 0 Å². The molecule has 0 fully saturated rings. The van der Waals surface area contributed by atoms with Crippen LogP contribution in [-0.2, 0) is 25.9 Å². The monoisotopic (exact) mass is 499 g/mol. The molecule has 0 N–H and O–H groups in total. The van der Waals surface area contributed by atoms with Crippen LogP contribution in [0.15, 0.2) is 70.8 Å². The number of aromatic nitrogens is 3. The molecule has 1 unspecified atom stereocenters. The molecule has 0 spiro atoms. The summed E-state index contributed by atoms with van der Waals surface area (Å²) in [6, 6.07) is 13.7. The van der Waals surface area contributed by atoms with Crippen molar-refractivity contribution in [3.63, 3.8) is 0 Å². The van der Waals surface area contributed by atoms with Crippen molar-refractivity contribution < 1.29 is 22.3 Å². The standard InChI is InChI=1S/C24H22FN3O4S2/c1-15-22(18-13-16(25)9-10-20(18)28(15)14-21(29)32-2)23(19-11-12-26-24(27-19)33-3)34(30,31)17-7-5-4-6-8-17/h4-13,23H,14H2,1-3H3. The number of methoxy groups -OCH3 is 1. The Bertz CT molecular complexity index is 1470. The molecule has 2 heterocycles. The minimum atomic E-state index is -4.03. The van der Waals surface area contributed by atoms with Crippen LogP contribution in [-0.4, -0.2) is 42.3 Å². The number of esters is 1. The van der Waals surface area contributed by atoms with Crippen LogP contribution in [0.25, 0.3) is 10.9 Å². The molecule has 176 valence electrons. The van der Waals surface area contributed by atoms with Gasteiger partial charge in [0.25, 0.3) is 0 Å². The number of nitrogens with zero attached hydrogens (tertiary/aromatic N) is 3. The number of benzene rings is 2. The molecular formula is C24H22FN3O4S2. The molecule has 4 rings (SSSR count). The van der Waals surface area contributed by atoms with Crippen molar-refractivity contribution in [3.8, 4) is 0 Å². The van der Waals surface area contributed by atoms with Gasteiger partial charge in [0.05, 0.1) is 17.7 Å². The van der Waals surface area contributed by atoms with Gasteiger partial charge in [-0.3, -0.25) is 4.79 Å². The molecule has 7 nitrogen and oxygen atoms in total. The van der Waals surface area contributed by atoms with Crippen molar-refractivity contribution in [2.45, 2.75) is 28.8 Å². The summed E-state index contributed by atoms with van der Waals surface area (Å²) in [4.78, 5) is 20.9. The second-order valence-electron chi connectivity index (χ2n) is 7.53. The molecule has 0 aliphatic carbocycles. The number of hydrogen-bond acceptors (Lipinski definition) is 7. The summed E-state index contributed by atoms with van der Waals surface area (Å²) < 4.78 is 49.0. The van der Waals surface area contributed by atoms with Crippen LogP contribution in [0.1, 0.15) is 22.2 Å². The Morgan fingerprint density at radius 2 is 1.91 bits per heavy atom. The molecule has 0 saturated carbocycles. The molecule has 0 bridgehead atoms. The third-order valence-corrected chi connectivity index (χ3v) is 8.19. The summed E-state index contributed by atoms with van der Waals surface area (Å²) in [5.41, 5.74) is 1.63. The van der Waals surface area contributed by atoms with Crippen molar-refractivity contribution >= 4 is 38.5 Å². The quantitative estimate of drug-likeness (QED) is 0.212. The van der Waals surface area contributed by atoms with Crippen LogP contribution >= 0.6 is 11.8 Å². The lowest BCUT2D eigenvalue weighted by Gasteiger charge is -2.19. The maximum atomic E-state index is 14.4. The Morgan fingerprint density at radius 3 is 2.59 bits per heavy atom. The molecule has 0 saturated heterocycles. The van der Waals surface area contributed by atoms with E-state index in [1.165, 1.54) is 55.4 Å². The zero-order chi connectivity index (χ0) is 24.5. The molecule has 1 atom stereocenters. The number of hydrogen-bond donors (Lipinski definition) is 0. The lowest BCUT2D eigenvalue weighted by molar-refractivity contribution is -0.141. The number of thioether (sulfide) groups is 1. The van der Waals surface area contributed by atoms with Gasteiger partial charge in [-0.2, -0.15) is 0 Å². The second-order valence-corrected chi connectivity index (χ2v) is 10.3. The third-order valence-electron chi connectivity index (χ3n) is 5.60. The number of carbonyl (C=O) groups is 1. The van der Waals surface area contributed by atoms with Crippen LogP contribution in [0.4, 0.5) is 4.39 Å². The Hall–Kier alpha value is -3.24. The fourth-order valence-corrected chi connectivity index (χ4v) is 6.24. The maximum Gasteiger partial charge on any atom is 0.325 e. The summed E-state index contributed by atoms with van der Waals surface area (Å²) in [6.45, 7) is 1.56. The van der Waals surface area contributed by atoms with Crippen molar-refractivity contribution in [1.29, 1.82) is 0 Å². The summed E-state index contributed by atoms with van der Waals surface area (Å²) in [6.07, 6.45) is 3.30. The Kier molecular flexibility index (Phi) is 6.72. The SMILES string of the molecule is COC(=O)Cn1c(C)c(C(c2ccnc(SC)n2)S(=O)(=O)c2ccccc2)c2cc(F)ccc21. The van der Waals surface area contributed by atoms with Crippen molar-refractivity contribution in [2.75, 3.05) is 13.4 Å². The summed E-state index contributed by atoms with van der Waals surface area (Å²) >= 11 is 1.29. The van der Waals surface area contributed by atoms with E-state index in [1.54, 1.807) is 42.0 Å². The molecule has 0 radical (unpaired) electrons.